The molecular weight excluding hydrogens is 440 g/mol. The van der Waals surface area contributed by atoms with E-state index in [1.807, 2.05) is 43.0 Å². The lowest BCUT2D eigenvalue weighted by atomic mass is 9.89. The van der Waals surface area contributed by atoms with Gasteiger partial charge in [0.25, 0.3) is 11.8 Å². The van der Waals surface area contributed by atoms with Gasteiger partial charge in [-0.15, -0.1) is 11.3 Å². The highest BCUT2D eigenvalue weighted by molar-refractivity contribution is 7.23. The van der Waals surface area contributed by atoms with Gasteiger partial charge in [0.15, 0.2) is 0 Å². The van der Waals surface area contributed by atoms with Gasteiger partial charge in [0.05, 0.1) is 10.6 Å². The Bertz CT molecular complexity index is 1110. The van der Waals surface area contributed by atoms with Gasteiger partial charge in [0.2, 0.25) is 5.60 Å². The lowest BCUT2D eigenvalue weighted by molar-refractivity contribution is -0.143. The third-order valence-corrected chi connectivity index (χ3v) is 8.19. The SMILES string of the molecule is CC(C)N1C(=O)OC2(CCCN(C3CCN(C(=O)c4c(N)sc5ccccc45)CC3)C2)C1=O. The Morgan fingerprint density at radius 1 is 1.18 bits per heavy atom. The van der Waals surface area contributed by atoms with Crippen LogP contribution in [0, 0.1) is 0 Å². The van der Waals surface area contributed by atoms with Gasteiger partial charge in [-0.1, -0.05) is 18.2 Å². The van der Waals surface area contributed by atoms with Crippen LogP contribution >= 0.6 is 11.3 Å². The molecule has 3 fully saturated rings. The fourth-order valence-corrected chi connectivity index (χ4v) is 6.47. The second kappa shape index (κ2) is 8.29. The van der Waals surface area contributed by atoms with E-state index in [9.17, 15) is 14.4 Å². The summed E-state index contributed by atoms with van der Waals surface area (Å²) < 4.78 is 6.70. The molecule has 0 radical (unpaired) electrons. The second-order valence-corrected chi connectivity index (χ2v) is 10.6. The number of imide groups is 1. The molecule has 1 spiro atoms. The van der Waals surface area contributed by atoms with Crippen LogP contribution in [0.5, 0.6) is 0 Å². The Morgan fingerprint density at radius 3 is 2.61 bits per heavy atom. The summed E-state index contributed by atoms with van der Waals surface area (Å²) in [4.78, 5) is 44.1. The van der Waals surface area contributed by atoms with E-state index in [0.717, 1.165) is 35.9 Å². The topological polar surface area (TPSA) is 96.2 Å². The van der Waals surface area contributed by atoms with E-state index in [-0.39, 0.29) is 23.9 Å². The molecule has 3 amide bonds. The number of rotatable bonds is 3. The molecule has 1 unspecified atom stereocenters. The first kappa shape index (κ1) is 22.2. The van der Waals surface area contributed by atoms with Gasteiger partial charge in [-0.3, -0.25) is 14.5 Å². The molecule has 5 rings (SSSR count). The number of likely N-dealkylation sites (tertiary alicyclic amines) is 2. The summed E-state index contributed by atoms with van der Waals surface area (Å²) >= 11 is 1.45. The van der Waals surface area contributed by atoms with Gasteiger partial charge in [-0.05, 0) is 52.1 Å². The van der Waals surface area contributed by atoms with Crippen LogP contribution in [0.25, 0.3) is 10.1 Å². The first-order valence-corrected chi connectivity index (χ1v) is 12.5. The molecular formula is C24H30N4O4S. The molecule has 33 heavy (non-hydrogen) atoms. The number of carbonyl (C=O) groups is 3. The number of hydrogen-bond acceptors (Lipinski definition) is 7. The highest BCUT2D eigenvalue weighted by atomic mass is 32.1. The Balaban J connectivity index is 1.26. The van der Waals surface area contributed by atoms with Crippen LogP contribution in [-0.2, 0) is 9.53 Å². The first-order chi connectivity index (χ1) is 15.8. The van der Waals surface area contributed by atoms with Gasteiger partial charge >= 0.3 is 6.09 Å². The summed E-state index contributed by atoms with van der Waals surface area (Å²) in [5.41, 5.74) is 5.77. The quantitative estimate of drug-likeness (QED) is 0.739. The van der Waals surface area contributed by atoms with Crippen molar-refractivity contribution in [3.05, 3.63) is 29.8 Å². The lowest BCUT2D eigenvalue weighted by Crippen LogP contribution is -2.58. The maximum Gasteiger partial charge on any atom is 0.418 e. The standard InChI is InChI=1S/C24H30N4O4S/c1-15(2)28-22(30)24(32-23(28)31)10-5-11-27(14-24)16-8-12-26(13-9-16)21(29)19-17-6-3-4-7-18(17)33-20(19)25/h3-4,6-7,15-16H,5,8-14,25H2,1-2H3. The number of ether oxygens (including phenoxy) is 1. The van der Waals surface area contributed by atoms with Gasteiger partial charge in [0, 0.05) is 41.8 Å². The van der Waals surface area contributed by atoms with E-state index in [1.165, 1.54) is 16.2 Å². The number of piperidine rings is 2. The third kappa shape index (κ3) is 3.67. The van der Waals surface area contributed by atoms with Gasteiger partial charge < -0.3 is 15.4 Å². The van der Waals surface area contributed by atoms with Crippen molar-refractivity contribution >= 4 is 44.3 Å². The molecule has 3 aliphatic rings. The number of anilines is 1. The zero-order valence-electron chi connectivity index (χ0n) is 19.1. The molecule has 1 atom stereocenters. The number of hydrogen-bond donors (Lipinski definition) is 1. The predicted octanol–water partition coefficient (Wildman–Crippen LogP) is 3.31. The van der Waals surface area contributed by atoms with Crippen molar-refractivity contribution in [2.75, 3.05) is 31.9 Å². The van der Waals surface area contributed by atoms with E-state index in [4.69, 9.17) is 10.5 Å². The number of amides is 3. The zero-order valence-corrected chi connectivity index (χ0v) is 19.9. The van der Waals surface area contributed by atoms with E-state index >= 15 is 0 Å². The first-order valence-electron chi connectivity index (χ1n) is 11.7. The number of nitrogens with two attached hydrogens (primary N) is 1. The van der Waals surface area contributed by atoms with Crippen molar-refractivity contribution in [1.82, 2.24) is 14.7 Å². The van der Waals surface area contributed by atoms with Crippen molar-refractivity contribution in [2.24, 2.45) is 0 Å². The highest BCUT2D eigenvalue weighted by Gasteiger charge is 2.56. The van der Waals surface area contributed by atoms with Crippen LogP contribution in [0.1, 0.15) is 49.9 Å². The van der Waals surface area contributed by atoms with E-state index < -0.39 is 11.7 Å². The summed E-state index contributed by atoms with van der Waals surface area (Å²) in [5, 5.41) is 1.49. The molecule has 3 saturated heterocycles. The van der Waals surface area contributed by atoms with Crippen LogP contribution in [-0.4, -0.2) is 76.5 Å². The molecule has 1 aromatic carbocycles. The molecule has 3 aliphatic heterocycles. The van der Waals surface area contributed by atoms with Crippen LogP contribution in [0.3, 0.4) is 0 Å². The molecule has 8 nitrogen and oxygen atoms in total. The zero-order chi connectivity index (χ0) is 23.3. The summed E-state index contributed by atoms with van der Waals surface area (Å²) in [7, 11) is 0. The highest BCUT2D eigenvalue weighted by Crippen LogP contribution is 2.37. The number of thiophene rings is 1. The third-order valence-electron chi connectivity index (χ3n) is 7.19. The van der Waals surface area contributed by atoms with Crippen LogP contribution in [0.15, 0.2) is 24.3 Å². The number of fused-ring (bicyclic) bond motifs is 1. The molecule has 9 heteroatoms. The average Bonchev–Trinajstić information content (AvgIpc) is 3.25. The Hall–Kier alpha value is -2.65. The summed E-state index contributed by atoms with van der Waals surface area (Å²) in [6, 6.07) is 7.87. The normalized spacial score (nSPS) is 24.9. The second-order valence-electron chi connectivity index (χ2n) is 9.57. The van der Waals surface area contributed by atoms with Crippen molar-refractivity contribution in [3.63, 3.8) is 0 Å². The fourth-order valence-electron chi connectivity index (χ4n) is 5.51. The summed E-state index contributed by atoms with van der Waals surface area (Å²) in [5.74, 6) is -0.217. The molecule has 0 bridgehead atoms. The van der Waals surface area contributed by atoms with E-state index in [0.29, 0.717) is 36.6 Å². The average molecular weight is 471 g/mol. The van der Waals surface area contributed by atoms with E-state index in [2.05, 4.69) is 4.90 Å². The number of nitrogen functional groups attached to an aromatic ring is 1. The van der Waals surface area contributed by atoms with Gasteiger partial charge in [-0.25, -0.2) is 9.69 Å². The minimum absolute atomic E-state index is 0.00834. The molecule has 2 N–H and O–H groups in total. The number of carbonyl (C=O) groups excluding carboxylic acids is 3. The van der Waals surface area contributed by atoms with Crippen LogP contribution < -0.4 is 5.73 Å². The van der Waals surface area contributed by atoms with Crippen LogP contribution in [0.2, 0.25) is 0 Å². The maximum atomic E-state index is 13.3. The van der Waals surface area contributed by atoms with Crippen molar-refractivity contribution in [1.29, 1.82) is 0 Å². The molecule has 0 aliphatic carbocycles. The largest absolute Gasteiger partial charge is 0.431 e. The number of benzene rings is 1. The Kier molecular flexibility index (Phi) is 5.56. The lowest BCUT2D eigenvalue weighted by Gasteiger charge is -2.44. The number of nitrogens with zero attached hydrogens (tertiary/aromatic N) is 3. The van der Waals surface area contributed by atoms with Crippen molar-refractivity contribution in [3.8, 4) is 0 Å². The van der Waals surface area contributed by atoms with Crippen molar-refractivity contribution in [2.45, 2.75) is 57.2 Å². The monoisotopic (exact) mass is 470 g/mol. The molecule has 176 valence electrons. The fraction of sp³-hybridized carbons (Fsp3) is 0.542. The van der Waals surface area contributed by atoms with E-state index in [1.54, 1.807) is 0 Å². The summed E-state index contributed by atoms with van der Waals surface area (Å²) in [6.45, 7) is 6.24. The van der Waals surface area contributed by atoms with Gasteiger partial charge in [0.1, 0.15) is 0 Å². The molecule has 2 aromatic rings. The maximum absolute atomic E-state index is 13.3. The Morgan fingerprint density at radius 2 is 1.91 bits per heavy atom. The van der Waals surface area contributed by atoms with Crippen LogP contribution in [0.4, 0.5) is 9.80 Å². The molecule has 1 aromatic heterocycles. The van der Waals surface area contributed by atoms with Crippen molar-refractivity contribution < 1.29 is 19.1 Å². The molecule has 4 heterocycles. The predicted molar refractivity (Wildman–Crippen MR) is 127 cm³/mol. The molecule has 0 saturated carbocycles. The summed E-state index contributed by atoms with van der Waals surface area (Å²) in [6.07, 6.45) is 2.48. The minimum atomic E-state index is -1.06. The van der Waals surface area contributed by atoms with Gasteiger partial charge in [-0.2, -0.15) is 0 Å². The Labute approximate surface area is 197 Å². The minimum Gasteiger partial charge on any atom is -0.431 e. The smallest absolute Gasteiger partial charge is 0.418 e.